The van der Waals surface area contributed by atoms with Crippen LogP contribution in [0.5, 0.6) is 0 Å². The number of halogens is 1. The zero-order valence-electron chi connectivity index (χ0n) is 11.5. The van der Waals surface area contributed by atoms with Gasteiger partial charge >= 0.3 is 0 Å². The summed E-state index contributed by atoms with van der Waals surface area (Å²) in [6.45, 7) is 8.38. The summed E-state index contributed by atoms with van der Waals surface area (Å²) in [6.07, 6.45) is 1.76. The highest BCUT2D eigenvalue weighted by Gasteiger charge is 2.46. The number of rotatable bonds is 1. The average molecular weight is 310 g/mol. The van der Waals surface area contributed by atoms with Crippen LogP contribution in [0.4, 0.5) is 0 Å². The van der Waals surface area contributed by atoms with Crippen LogP contribution >= 0.6 is 15.9 Å². The summed E-state index contributed by atoms with van der Waals surface area (Å²) in [5.74, 6) is 0.495. The molecular formula is C15H20BrNO. The van der Waals surface area contributed by atoms with Crippen molar-refractivity contribution in [3.8, 4) is 0 Å². The van der Waals surface area contributed by atoms with Crippen molar-refractivity contribution in [2.45, 2.75) is 46.0 Å². The van der Waals surface area contributed by atoms with Crippen LogP contribution in [0.1, 0.15) is 46.2 Å². The molecule has 0 amide bonds. The standard InChI is InChI=1S/C15H20BrNO/c1-10-8-15(4,9-14(2,3)13(10)18)11-6-5-7-12(16)17-11/h5-7,10H,8-9H2,1-4H3. The molecule has 1 fully saturated rings. The van der Waals surface area contributed by atoms with E-state index in [-0.39, 0.29) is 16.7 Å². The number of carbonyl (C=O) groups is 1. The van der Waals surface area contributed by atoms with E-state index in [2.05, 4.69) is 47.8 Å². The van der Waals surface area contributed by atoms with Crippen molar-refractivity contribution >= 4 is 21.7 Å². The normalized spacial score (nSPS) is 31.4. The van der Waals surface area contributed by atoms with Gasteiger partial charge in [-0.25, -0.2) is 4.98 Å². The van der Waals surface area contributed by atoms with Gasteiger partial charge in [-0.2, -0.15) is 0 Å². The zero-order chi connectivity index (χ0) is 13.6. The Morgan fingerprint density at radius 1 is 1.33 bits per heavy atom. The van der Waals surface area contributed by atoms with E-state index in [4.69, 9.17) is 0 Å². The topological polar surface area (TPSA) is 30.0 Å². The maximum atomic E-state index is 12.2. The fourth-order valence-corrected chi connectivity index (χ4v) is 3.85. The summed E-state index contributed by atoms with van der Waals surface area (Å²) in [5.41, 5.74) is 0.820. The van der Waals surface area contributed by atoms with E-state index in [0.29, 0.717) is 5.78 Å². The first-order valence-electron chi connectivity index (χ1n) is 6.42. The molecule has 1 aliphatic rings. The minimum Gasteiger partial charge on any atom is -0.299 e. The van der Waals surface area contributed by atoms with Gasteiger partial charge in [-0.05, 0) is 40.9 Å². The second kappa shape index (κ2) is 4.44. The number of aromatic nitrogens is 1. The second-order valence-electron chi connectivity index (χ2n) is 6.44. The third-order valence-corrected chi connectivity index (χ3v) is 4.48. The Morgan fingerprint density at radius 2 is 2.00 bits per heavy atom. The predicted molar refractivity (Wildman–Crippen MR) is 76.5 cm³/mol. The molecule has 2 atom stereocenters. The Labute approximate surface area is 117 Å². The summed E-state index contributed by atoms with van der Waals surface area (Å²) in [4.78, 5) is 16.8. The number of nitrogens with zero attached hydrogens (tertiary/aromatic N) is 1. The smallest absolute Gasteiger partial charge is 0.141 e. The van der Waals surface area contributed by atoms with Gasteiger partial charge in [0.1, 0.15) is 10.4 Å². The van der Waals surface area contributed by atoms with Crippen molar-refractivity contribution in [2.24, 2.45) is 11.3 Å². The van der Waals surface area contributed by atoms with E-state index in [1.54, 1.807) is 0 Å². The lowest BCUT2D eigenvalue weighted by molar-refractivity contribution is -0.136. The second-order valence-corrected chi connectivity index (χ2v) is 7.25. The molecule has 0 aromatic carbocycles. The predicted octanol–water partition coefficient (Wildman–Crippen LogP) is 4.13. The molecule has 1 aromatic heterocycles. The Hall–Kier alpha value is -0.700. The van der Waals surface area contributed by atoms with Crippen LogP contribution in [0.15, 0.2) is 22.8 Å². The lowest BCUT2D eigenvalue weighted by atomic mass is 9.59. The van der Waals surface area contributed by atoms with E-state index in [1.807, 2.05) is 19.1 Å². The highest BCUT2D eigenvalue weighted by atomic mass is 79.9. The van der Waals surface area contributed by atoms with E-state index < -0.39 is 0 Å². The number of ketones is 1. The van der Waals surface area contributed by atoms with Crippen LogP contribution in [0, 0.1) is 11.3 Å². The molecule has 2 unspecified atom stereocenters. The fraction of sp³-hybridized carbons (Fsp3) is 0.600. The summed E-state index contributed by atoms with van der Waals surface area (Å²) >= 11 is 3.43. The van der Waals surface area contributed by atoms with E-state index in [9.17, 15) is 4.79 Å². The Kier molecular flexibility index (Phi) is 3.39. The highest BCUT2D eigenvalue weighted by Crippen LogP contribution is 2.47. The first kappa shape index (κ1) is 13.7. The molecule has 1 heterocycles. The Balaban J connectivity index is 2.40. The molecule has 1 aliphatic carbocycles. The summed E-state index contributed by atoms with van der Waals surface area (Å²) < 4.78 is 0.864. The highest BCUT2D eigenvalue weighted by molar-refractivity contribution is 9.10. The average Bonchev–Trinajstić information content (AvgIpc) is 2.25. The summed E-state index contributed by atoms with van der Waals surface area (Å²) in [6, 6.07) is 6.03. The molecule has 2 nitrogen and oxygen atoms in total. The SMILES string of the molecule is CC1CC(C)(c2cccc(Br)n2)CC(C)(C)C1=O. The van der Waals surface area contributed by atoms with E-state index >= 15 is 0 Å². The van der Waals surface area contributed by atoms with Gasteiger partial charge in [-0.1, -0.05) is 33.8 Å². The van der Waals surface area contributed by atoms with Crippen LogP contribution in [0.3, 0.4) is 0 Å². The van der Waals surface area contributed by atoms with Crippen molar-refractivity contribution in [3.05, 3.63) is 28.5 Å². The molecule has 98 valence electrons. The first-order valence-corrected chi connectivity index (χ1v) is 7.21. The quantitative estimate of drug-likeness (QED) is 0.730. The van der Waals surface area contributed by atoms with Crippen molar-refractivity contribution in [3.63, 3.8) is 0 Å². The van der Waals surface area contributed by atoms with Gasteiger partial charge in [0, 0.05) is 22.4 Å². The molecule has 3 heteroatoms. The fourth-order valence-electron chi connectivity index (χ4n) is 3.51. The maximum Gasteiger partial charge on any atom is 0.141 e. The summed E-state index contributed by atoms with van der Waals surface area (Å²) in [5, 5.41) is 0. The third kappa shape index (κ3) is 2.37. The van der Waals surface area contributed by atoms with E-state index in [1.165, 1.54) is 0 Å². The zero-order valence-corrected chi connectivity index (χ0v) is 13.0. The van der Waals surface area contributed by atoms with Crippen LogP contribution in [-0.2, 0) is 10.2 Å². The van der Waals surface area contributed by atoms with Crippen molar-refractivity contribution in [1.82, 2.24) is 4.98 Å². The molecule has 18 heavy (non-hydrogen) atoms. The monoisotopic (exact) mass is 309 g/mol. The van der Waals surface area contributed by atoms with E-state index in [0.717, 1.165) is 23.1 Å². The maximum absolute atomic E-state index is 12.2. The largest absolute Gasteiger partial charge is 0.299 e. The molecule has 0 saturated heterocycles. The molecule has 0 N–H and O–H groups in total. The van der Waals surface area contributed by atoms with Gasteiger partial charge in [-0.15, -0.1) is 0 Å². The molecule has 1 saturated carbocycles. The Bertz CT molecular complexity index is 483. The molecule has 2 rings (SSSR count). The lowest BCUT2D eigenvalue weighted by Gasteiger charge is -2.44. The molecule has 1 aromatic rings. The van der Waals surface area contributed by atoms with Crippen LogP contribution in [0.2, 0.25) is 0 Å². The molecule has 0 aliphatic heterocycles. The first-order chi connectivity index (χ1) is 8.24. The number of pyridine rings is 1. The van der Waals surface area contributed by atoms with Crippen molar-refractivity contribution in [1.29, 1.82) is 0 Å². The molecule has 0 spiro atoms. The minimum absolute atomic E-state index is 0.0133. The summed E-state index contributed by atoms with van der Waals surface area (Å²) in [7, 11) is 0. The van der Waals surface area contributed by atoms with Gasteiger partial charge in [0.05, 0.1) is 0 Å². The van der Waals surface area contributed by atoms with Crippen LogP contribution in [0.25, 0.3) is 0 Å². The Morgan fingerprint density at radius 3 is 2.56 bits per heavy atom. The molecule has 0 radical (unpaired) electrons. The van der Waals surface area contributed by atoms with Gasteiger partial charge in [-0.3, -0.25) is 4.79 Å². The molecule has 0 bridgehead atoms. The molecular weight excluding hydrogens is 290 g/mol. The third-order valence-electron chi connectivity index (χ3n) is 4.04. The van der Waals surface area contributed by atoms with Gasteiger partial charge < -0.3 is 0 Å². The number of hydrogen-bond donors (Lipinski definition) is 0. The van der Waals surface area contributed by atoms with Gasteiger partial charge in [0.2, 0.25) is 0 Å². The van der Waals surface area contributed by atoms with Crippen LogP contribution < -0.4 is 0 Å². The number of hydrogen-bond acceptors (Lipinski definition) is 2. The van der Waals surface area contributed by atoms with Crippen molar-refractivity contribution in [2.75, 3.05) is 0 Å². The van der Waals surface area contributed by atoms with Crippen LogP contribution in [-0.4, -0.2) is 10.8 Å². The van der Waals surface area contributed by atoms with Crippen molar-refractivity contribution < 1.29 is 4.79 Å². The lowest BCUT2D eigenvalue weighted by Crippen LogP contribution is -2.45. The minimum atomic E-state index is -0.254. The number of carbonyl (C=O) groups excluding carboxylic acids is 1. The van der Waals surface area contributed by atoms with Gasteiger partial charge in [0.25, 0.3) is 0 Å². The number of Topliss-reactive ketones (excluding diaryl/α,β-unsaturated/α-hetero) is 1. The van der Waals surface area contributed by atoms with Gasteiger partial charge in [0.15, 0.2) is 0 Å².